The van der Waals surface area contributed by atoms with Gasteiger partial charge in [0.2, 0.25) is 0 Å². The normalized spacial score (nSPS) is 12.5. The summed E-state index contributed by atoms with van der Waals surface area (Å²) in [5.74, 6) is 0.287. The molecule has 0 aliphatic carbocycles. The van der Waals surface area contributed by atoms with E-state index in [2.05, 4.69) is 48.5 Å². The second kappa shape index (κ2) is 6.30. The SMILES string of the molecule is NCC(Cc1cccc2ccccc12)c1cccc(Cl)c1. The van der Waals surface area contributed by atoms with Gasteiger partial charge in [0.1, 0.15) is 0 Å². The van der Waals surface area contributed by atoms with Crippen LogP contribution in [0.2, 0.25) is 5.02 Å². The lowest BCUT2D eigenvalue weighted by atomic mass is 9.90. The second-order valence-corrected chi connectivity index (χ2v) is 5.77. The largest absolute Gasteiger partial charge is 0.330 e. The third kappa shape index (κ3) is 3.10. The van der Waals surface area contributed by atoms with Crippen LogP contribution in [0, 0.1) is 0 Å². The molecular weight excluding hydrogens is 278 g/mol. The van der Waals surface area contributed by atoms with Gasteiger partial charge in [0.05, 0.1) is 0 Å². The van der Waals surface area contributed by atoms with E-state index in [0.29, 0.717) is 6.54 Å². The second-order valence-electron chi connectivity index (χ2n) is 5.33. The first-order valence-electron chi connectivity index (χ1n) is 7.20. The third-order valence-electron chi connectivity index (χ3n) is 3.95. The summed E-state index contributed by atoms with van der Waals surface area (Å²) in [5.41, 5.74) is 8.55. The smallest absolute Gasteiger partial charge is 0.0408 e. The molecule has 1 nitrogen and oxygen atoms in total. The molecule has 2 N–H and O–H groups in total. The Hall–Kier alpha value is -1.83. The van der Waals surface area contributed by atoms with Gasteiger partial charge in [-0.05, 0) is 47.0 Å². The summed E-state index contributed by atoms with van der Waals surface area (Å²) in [6.07, 6.45) is 0.929. The molecule has 0 bridgehead atoms. The van der Waals surface area contributed by atoms with Crippen molar-refractivity contribution in [1.82, 2.24) is 0 Å². The molecule has 0 aliphatic rings. The average molecular weight is 296 g/mol. The van der Waals surface area contributed by atoms with E-state index in [4.69, 9.17) is 17.3 Å². The zero-order valence-corrected chi connectivity index (χ0v) is 12.6. The van der Waals surface area contributed by atoms with Crippen LogP contribution in [0.1, 0.15) is 17.0 Å². The van der Waals surface area contributed by atoms with Gasteiger partial charge in [-0.2, -0.15) is 0 Å². The van der Waals surface area contributed by atoms with Crippen LogP contribution in [-0.2, 0) is 6.42 Å². The summed E-state index contributed by atoms with van der Waals surface area (Å²) in [5, 5.41) is 3.35. The van der Waals surface area contributed by atoms with Gasteiger partial charge in [-0.3, -0.25) is 0 Å². The highest BCUT2D eigenvalue weighted by molar-refractivity contribution is 6.30. The van der Waals surface area contributed by atoms with Crippen molar-refractivity contribution in [3.05, 3.63) is 82.9 Å². The Kier molecular flexibility index (Phi) is 4.23. The third-order valence-corrected chi connectivity index (χ3v) is 4.19. The summed E-state index contributed by atoms with van der Waals surface area (Å²) in [7, 11) is 0. The first kappa shape index (κ1) is 14.1. The Balaban J connectivity index is 1.96. The predicted molar refractivity (Wildman–Crippen MR) is 90.9 cm³/mol. The molecule has 0 heterocycles. The molecule has 0 aromatic heterocycles. The van der Waals surface area contributed by atoms with E-state index in [-0.39, 0.29) is 5.92 Å². The van der Waals surface area contributed by atoms with E-state index < -0.39 is 0 Å². The molecule has 0 fully saturated rings. The Morgan fingerprint density at radius 1 is 0.905 bits per heavy atom. The molecule has 3 aromatic carbocycles. The molecule has 2 heteroatoms. The Labute approximate surface area is 130 Å². The monoisotopic (exact) mass is 295 g/mol. The molecular formula is C19H18ClN. The fourth-order valence-electron chi connectivity index (χ4n) is 2.83. The Morgan fingerprint density at radius 2 is 1.67 bits per heavy atom. The summed E-state index contributed by atoms with van der Waals surface area (Å²) >= 11 is 6.10. The van der Waals surface area contributed by atoms with Gasteiger partial charge in [-0.1, -0.05) is 66.2 Å². The maximum Gasteiger partial charge on any atom is 0.0408 e. The molecule has 1 unspecified atom stereocenters. The van der Waals surface area contributed by atoms with Gasteiger partial charge < -0.3 is 5.73 Å². The molecule has 0 radical (unpaired) electrons. The average Bonchev–Trinajstić information content (AvgIpc) is 2.52. The van der Waals surface area contributed by atoms with E-state index in [0.717, 1.165) is 11.4 Å². The predicted octanol–water partition coefficient (Wildman–Crippen LogP) is 4.78. The lowest BCUT2D eigenvalue weighted by Gasteiger charge is -2.17. The van der Waals surface area contributed by atoms with E-state index >= 15 is 0 Å². The fraction of sp³-hybridized carbons (Fsp3) is 0.158. The van der Waals surface area contributed by atoms with Crippen LogP contribution >= 0.6 is 11.6 Å². The first-order chi connectivity index (χ1) is 10.3. The Morgan fingerprint density at radius 3 is 2.48 bits per heavy atom. The van der Waals surface area contributed by atoms with Crippen LogP contribution in [0.5, 0.6) is 0 Å². The first-order valence-corrected chi connectivity index (χ1v) is 7.58. The van der Waals surface area contributed by atoms with Crippen molar-refractivity contribution in [2.45, 2.75) is 12.3 Å². The van der Waals surface area contributed by atoms with Crippen LogP contribution in [0.25, 0.3) is 10.8 Å². The number of hydrogen-bond acceptors (Lipinski definition) is 1. The van der Waals surface area contributed by atoms with Crippen LogP contribution in [0.4, 0.5) is 0 Å². The van der Waals surface area contributed by atoms with Crippen molar-refractivity contribution in [3.8, 4) is 0 Å². The summed E-state index contributed by atoms with van der Waals surface area (Å²) in [4.78, 5) is 0. The maximum atomic E-state index is 6.10. The highest BCUT2D eigenvalue weighted by Crippen LogP contribution is 2.26. The quantitative estimate of drug-likeness (QED) is 0.736. The van der Waals surface area contributed by atoms with Crippen molar-refractivity contribution in [2.75, 3.05) is 6.54 Å². The number of nitrogens with two attached hydrogens (primary N) is 1. The molecule has 1 atom stereocenters. The van der Waals surface area contributed by atoms with Crippen molar-refractivity contribution < 1.29 is 0 Å². The molecule has 0 amide bonds. The molecule has 3 rings (SSSR count). The van der Waals surface area contributed by atoms with Gasteiger partial charge >= 0.3 is 0 Å². The van der Waals surface area contributed by atoms with Crippen LogP contribution < -0.4 is 5.73 Å². The molecule has 3 aromatic rings. The van der Waals surface area contributed by atoms with Crippen LogP contribution in [0.15, 0.2) is 66.7 Å². The summed E-state index contributed by atoms with van der Waals surface area (Å²) < 4.78 is 0. The Bertz CT molecular complexity index is 746. The van der Waals surface area contributed by atoms with Crippen LogP contribution in [0.3, 0.4) is 0 Å². The molecule has 0 saturated heterocycles. The van der Waals surface area contributed by atoms with E-state index in [9.17, 15) is 0 Å². The minimum atomic E-state index is 0.287. The van der Waals surface area contributed by atoms with Crippen molar-refractivity contribution in [2.24, 2.45) is 5.73 Å². The standard InChI is InChI=1S/C19H18ClN/c20-18-9-4-7-15(12-18)17(13-21)11-16-8-3-6-14-5-1-2-10-19(14)16/h1-10,12,17H,11,13,21H2. The topological polar surface area (TPSA) is 26.0 Å². The summed E-state index contributed by atoms with van der Waals surface area (Å²) in [6, 6.07) is 22.9. The minimum Gasteiger partial charge on any atom is -0.330 e. The van der Waals surface area contributed by atoms with Crippen LogP contribution in [-0.4, -0.2) is 6.54 Å². The van der Waals surface area contributed by atoms with E-state index in [1.54, 1.807) is 0 Å². The van der Waals surface area contributed by atoms with Gasteiger partial charge in [0, 0.05) is 10.9 Å². The number of hydrogen-bond donors (Lipinski definition) is 1. The number of halogens is 1. The molecule has 0 aliphatic heterocycles. The molecule has 106 valence electrons. The zero-order chi connectivity index (χ0) is 14.7. The lowest BCUT2D eigenvalue weighted by Crippen LogP contribution is -2.15. The van der Waals surface area contributed by atoms with Gasteiger partial charge in [-0.25, -0.2) is 0 Å². The number of benzene rings is 3. The minimum absolute atomic E-state index is 0.287. The summed E-state index contributed by atoms with van der Waals surface area (Å²) in [6.45, 7) is 0.615. The molecule has 0 spiro atoms. The highest BCUT2D eigenvalue weighted by atomic mass is 35.5. The van der Waals surface area contributed by atoms with Gasteiger partial charge in [-0.15, -0.1) is 0 Å². The van der Waals surface area contributed by atoms with Crippen molar-refractivity contribution in [1.29, 1.82) is 0 Å². The van der Waals surface area contributed by atoms with Gasteiger partial charge in [0.25, 0.3) is 0 Å². The highest BCUT2D eigenvalue weighted by Gasteiger charge is 2.12. The van der Waals surface area contributed by atoms with Crippen molar-refractivity contribution >= 4 is 22.4 Å². The maximum absolute atomic E-state index is 6.10. The molecule has 0 saturated carbocycles. The van der Waals surface area contributed by atoms with E-state index in [1.807, 2.05) is 18.2 Å². The number of fused-ring (bicyclic) bond motifs is 1. The molecule has 21 heavy (non-hydrogen) atoms. The fourth-order valence-corrected chi connectivity index (χ4v) is 3.03. The lowest BCUT2D eigenvalue weighted by molar-refractivity contribution is 0.697. The van der Waals surface area contributed by atoms with Gasteiger partial charge in [0.15, 0.2) is 0 Å². The van der Waals surface area contributed by atoms with E-state index in [1.165, 1.54) is 21.9 Å². The number of rotatable bonds is 4. The van der Waals surface area contributed by atoms with Crippen molar-refractivity contribution in [3.63, 3.8) is 0 Å². The zero-order valence-electron chi connectivity index (χ0n) is 11.8.